The van der Waals surface area contributed by atoms with E-state index in [-0.39, 0.29) is 70.1 Å². The summed E-state index contributed by atoms with van der Waals surface area (Å²) in [6, 6.07) is 7.65. The van der Waals surface area contributed by atoms with Crippen LogP contribution in [-0.4, -0.2) is 48.1 Å². The van der Waals surface area contributed by atoms with E-state index in [0.29, 0.717) is 25.7 Å². The van der Waals surface area contributed by atoms with Crippen molar-refractivity contribution in [2.75, 3.05) is 24.4 Å². The van der Waals surface area contributed by atoms with Crippen LogP contribution in [0, 0.1) is 0 Å². The first-order chi connectivity index (χ1) is 16.7. The Hall–Kier alpha value is -3.52. The zero-order valence-corrected chi connectivity index (χ0v) is 20.3. The minimum atomic E-state index is -0.481. The van der Waals surface area contributed by atoms with Crippen molar-refractivity contribution in [2.45, 2.75) is 39.5 Å². The van der Waals surface area contributed by atoms with Crippen LogP contribution in [0.4, 0.5) is 5.69 Å². The lowest BCUT2D eigenvalue weighted by molar-refractivity contribution is -0.118. The number of alkyl halides is 1. The van der Waals surface area contributed by atoms with Crippen LogP contribution in [0.1, 0.15) is 71.4 Å². The summed E-state index contributed by atoms with van der Waals surface area (Å²) in [5.74, 6) is -1.23. The molecule has 0 heterocycles. The first-order valence-electron chi connectivity index (χ1n) is 11.2. The Bertz CT molecular complexity index is 1190. The van der Waals surface area contributed by atoms with Gasteiger partial charge in [-0.25, -0.2) is 0 Å². The SMILES string of the molecule is CC(=O)CCCOc1cccc2c1C(=O)c1c(OCCCC(C)=O)cc(NC(=O)CCl)cc1C2=O. The van der Waals surface area contributed by atoms with E-state index in [1.165, 1.54) is 26.0 Å². The molecule has 3 rings (SSSR count). The van der Waals surface area contributed by atoms with Crippen molar-refractivity contribution in [1.29, 1.82) is 0 Å². The van der Waals surface area contributed by atoms with Gasteiger partial charge in [0.2, 0.25) is 11.7 Å². The Labute approximate surface area is 207 Å². The van der Waals surface area contributed by atoms with Gasteiger partial charge in [0.05, 0.1) is 24.3 Å². The number of carbonyl (C=O) groups is 5. The highest BCUT2D eigenvalue weighted by molar-refractivity contribution is 6.31. The van der Waals surface area contributed by atoms with Gasteiger partial charge >= 0.3 is 0 Å². The van der Waals surface area contributed by atoms with Gasteiger partial charge in [-0.05, 0) is 38.8 Å². The summed E-state index contributed by atoms with van der Waals surface area (Å²) in [7, 11) is 0. The van der Waals surface area contributed by atoms with Gasteiger partial charge in [-0.3, -0.25) is 14.4 Å². The molecule has 2 aromatic carbocycles. The summed E-state index contributed by atoms with van der Waals surface area (Å²) >= 11 is 5.59. The van der Waals surface area contributed by atoms with Crippen LogP contribution < -0.4 is 14.8 Å². The molecule has 0 atom stereocenters. The summed E-state index contributed by atoms with van der Waals surface area (Å²) in [6.07, 6.45) is 1.55. The van der Waals surface area contributed by atoms with Crippen molar-refractivity contribution >= 4 is 46.3 Å². The number of hydrogen-bond donors (Lipinski definition) is 1. The van der Waals surface area contributed by atoms with E-state index in [4.69, 9.17) is 21.1 Å². The van der Waals surface area contributed by atoms with Crippen LogP contribution in [0.5, 0.6) is 11.5 Å². The molecule has 35 heavy (non-hydrogen) atoms. The van der Waals surface area contributed by atoms with E-state index >= 15 is 0 Å². The lowest BCUT2D eigenvalue weighted by atomic mass is 9.82. The molecule has 0 spiro atoms. The molecule has 0 saturated carbocycles. The van der Waals surface area contributed by atoms with Crippen molar-refractivity contribution in [3.63, 3.8) is 0 Å². The van der Waals surface area contributed by atoms with Crippen LogP contribution in [-0.2, 0) is 14.4 Å². The third-order valence-electron chi connectivity index (χ3n) is 5.34. The van der Waals surface area contributed by atoms with Crippen LogP contribution >= 0.6 is 11.6 Å². The topological polar surface area (TPSA) is 116 Å². The minimum absolute atomic E-state index is 0.00509. The molecule has 0 aliphatic heterocycles. The Morgan fingerprint density at radius 1 is 0.829 bits per heavy atom. The van der Waals surface area contributed by atoms with Crippen molar-refractivity contribution in [1.82, 2.24) is 0 Å². The Balaban J connectivity index is 1.99. The lowest BCUT2D eigenvalue weighted by Crippen LogP contribution is -2.24. The van der Waals surface area contributed by atoms with E-state index in [2.05, 4.69) is 5.32 Å². The quantitative estimate of drug-likeness (QED) is 0.294. The van der Waals surface area contributed by atoms with E-state index in [1.54, 1.807) is 18.2 Å². The first-order valence-corrected chi connectivity index (χ1v) is 11.8. The number of fused-ring (bicyclic) bond motifs is 2. The molecular weight excluding hydrogens is 474 g/mol. The molecule has 1 aliphatic carbocycles. The van der Waals surface area contributed by atoms with Crippen LogP contribution in [0.3, 0.4) is 0 Å². The fraction of sp³-hybridized carbons (Fsp3) is 0.346. The average Bonchev–Trinajstić information content (AvgIpc) is 2.82. The van der Waals surface area contributed by atoms with Gasteiger partial charge in [-0.2, -0.15) is 0 Å². The van der Waals surface area contributed by atoms with E-state index in [1.807, 2.05) is 0 Å². The Morgan fingerprint density at radius 2 is 1.43 bits per heavy atom. The molecule has 0 saturated heterocycles. The molecule has 2 aromatic rings. The Kier molecular flexibility index (Phi) is 8.76. The second-order valence-corrected chi connectivity index (χ2v) is 8.49. The average molecular weight is 500 g/mol. The number of nitrogens with one attached hydrogen (secondary N) is 1. The molecule has 0 unspecified atom stereocenters. The van der Waals surface area contributed by atoms with E-state index in [9.17, 15) is 24.0 Å². The number of amides is 1. The largest absolute Gasteiger partial charge is 0.493 e. The monoisotopic (exact) mass is 499 g/mol. The number of Topliss-reactive ketones (excluding diaryl/α,β-unsaturated/α-hetero) is 2. The Morgan fingerprint density at radius 3 is 2.03 bits per heavy atom. The molecule has 8 nitrogen and oxygen atoms in total. The smallest absolute Gasteiger partial charge is 0.239 e. The van der Waals surface area contributed by atoms with Gasteiger partial charge in [0.15, 0.2) is 5.78 Å². The molecule has 0 radical (unpaired) electrons. The van der Waals surface area contributed by atoms with Gasteiger partial charge in [-0.15, -0.1) is 11.6 Å². The van der Waals surface area contributed by atoms with Crippen molar-refractivity contribution in [2.24, 2.45) is 0 Å². The first kappa shape index (κ1) is 26.1. The summed E-state index contributed by atoms with van der Waals surface area (Å²) < 4.78 is 11.6. The van der Waals surface area contributed by atoms with Crippen LogP contribution in [0.2, 0.25) is 0 Å². The third-order valence-corrected chi connectivity index (χ3v) is 5.58. The molecule has 0 aromatic heterocycles. The van der Waals surface area contributed by atoms with E-state index < -0.39 is 17.5 Å². The van der Waals surface area contributed by atoms with Gasteiger partial charge < -0.3 is 24.4 Å². The molecule has 1 amide bonds. The zero-order chi connectivity index (χ0) is 25.5. The van der Waals surface area contributed by atoms with Crippen molar-refractivity contribution < 1.29 is 33.4 Å². The third kappa shape index (κ3) is 6.33. The number of ether oxygens (including phenoxy) is 2. The molecule has 1 N–H and O–H groups in total. The van der Waals surface area contributed by atoms with Crippen molar-refractivity contribution in [3.05, 3.63) is 52.6 Å². The van der Waals surface area contributed by atoms with E-state index in [0.717, 1.165) is 0 Å². The highest BCUT2D eigenvalue weighted by atomic mass is 35.5. The maximum atomic E-state index is 13.6. The molecule has 0 fully saturated rings. The summed E-state index contributed by atoms with van der Waals surface area (Å²) in [4.78, 5) is 61.4. The standard InChI is InChI=1S/C26H26ClNO7/c1-15(29)6-4-10-34-20-9-3-8-18-23(20)26(33)24-19(25(18)32)12-17(28-22(31)14-27)13-21(24)35-11-5-7-16(2)30/h3,8-9,12-13H,4-7,10-11,14H2,1-2H3,(H,28,31). The number of anilines is 1. The van der Waals surface area contributed by atoms with Crippen LogP contribution in [0.15, 0.2) is 30.3 Å². The van der Waals surface area contributed by atoms with Gasteiger partial charge in [0.25, 0.3) is 0 Å². The molecule has 184 valence electrons. The maximum absolute atomic E-state index is 13.6. The van der Waals surface area contributed by atoms with Crippen molar-refractivity contribution in [3.8, 4) is 11.5 Å². The molecule has 1 aliphatic rings. The second kappa shape index (κ2) is 11.8. The molecule has 0 bridgehead atoms. The number of carbonyl (C=O) groups excluding carboxylic acids is 5. The molecular formula is C26H26ClNO7. The zero-order valence-electron chi connectivity index (χ0n) is 19.6. The van der Waals surface area contributed by atoms with Gasteiger partial charge in [0.1, 0.15) is 28.9 Å². The lowest BCUT2D eigenvalue weighted by Gasteiger charge is -2.23. The predicted molar refractivity (Wildman–Crippen MR) is 130 cm³/mol. The summed E-state index contributed by atoms with van der Waals surface area (Å²) in [6.45, 7) is 3.31. The number of benzene rings is 2. The maximum Gasteiger partial charge on any atom is 0.239 e. The molecule has 9 heteroatoms. The summed E-state index contributed by atoms with van der Waals surface area (Å²) in [5, 5.41) is 2.58. The normalized spacial score (nSPS) is 12.0. The second-order valence-electron chi connectivity index (χ2n) is 8.22. The fourth-order valence-electron chi connectivity index (χ4n) is 3.76. The number of ketones is 4. The predicted octanol–water partition coefficient (Wildman–Crippen LogP) is 4.14. The van der Waals surface area contributed by atoms with Gasteiger partial charge in [-0.1, -0.05) is 12.1 Å². The summed E-state index contributed by atoms with van der Waals surface area (Å²) in [5.41, 5.74) is 0.713. The number of hydrogen-bond acceptors (Lipinski definition) is 7. The number of rotatable bonds is 12. The van der Waals surface area contributed by atoms with Crippen LogP contribution in [0.25, 0.3) is 0 Å². The fourth-order valence-corrected chi connectivity index (χ4v) is 3.83. The highest BCUT2D eigenvalue weighted by Gasteiger charge is 2.35. The van der Waals surface area contributed by atoms with Gasteiger partial charge in [0, 0.05) is 35.7 Å². The minimum Gasteiger partial charge on any atom is -0.493 e. The highest BCUT2D eigenvalue weighted by Crippen LogP contribution is 2.39. The number of halogens is 1.